The number of nitrogens with two attached hydrogens (primary N) is 1. The molecule has 1 aromatic heterocycles. The molecule has 0 aromatic carbocycles. The molecule has 1 aromatic rings. The summed E-state index contributed by atoms with van der Waals surface area (Å²) in [6.45, 7) is 0. The van der Waals surface area contributed by atoms with E-state index in [2.05, 4.69) is 10.2 Å². The van der Waals surface area contributed by atoms with Crippen LogP contribution in [0.3, 0.4) is 0 Å². The average molecular weight is 277 g/mol. The molecular formula is C8H11N3O4S2. The zero-order valence-electron chi connectivity index (χ0n) is 8.83. The molecule has 17 heavy (non-hydrogen) atoms. The zero-order valence-corrected chi connectivity index (χ0v) is 10.5. The second-order valence-corrected chi connectivity index (χ2v) is 6.92. The minimum atomic E-state index is -2.97. The quantitative estimate of drug-likeness (QED) is 0.741. The third kappa shape index (κ3) is 3.19. The van der Waals surface area contributed by atoms with E-state index in [9.17, 15) is 13.2 Å². The summed E-state index contributed by atoms with van der Waals surface area (Å²) >= 11 is 1.04. The first kappa shape index (κ1) is 12.4. The number of nitrogens with zero attached hydrogens (tertiary/aromatic N) is 2. The Balaban J connectivity index is 2.01. The minimum Gasteiger partial charge on any atom is -0.416 e. The van der Waals surface area contributed by atoms with Gasteiger partial charge in [0.2, 0.25) is 11.8 Å². The van der Waals surface area contributed by atoms with Gasteiger partial charge in [0, 0.05) is 0 Å². The summed E-state index contributed by atoms with van der Waals surface area (Å²) < 4.78 is 27.8. The summed E-state index contributed by atoms with van der Waals surface area (Å²) in [5.41, 5.74) is 4.98. The molecule has 1 aliphatic rings. The van der Waals surface area contributed by atoms with Gasteiger partial charge in [-0.3, -0.25) is 4.79 Å². The molecule has 0 bridgehead atoms. The summed E-state index contributed by atoms with van der Waals surface area (Å²) in [4.78, 5) is 10.6. The van der Waals surface area contributed by atoms with E-state index in [-0.39, 0.29) is 28.4 Å². The number of carbonyl (C=O) groups excluding carboxylic acids is 1. The van der Waals surface area contributed by atoms with Gasteiger partial charge in [-0.1, -0.05) is 11.8 Å². The van der Waals surface area contributed by atoms with Crippen molar-refractivity contribution in [1.29, 1.82) is 0 Å². The van der Waals surface area contributed by atoms with Gasteiger partial charge in [0.1, 0.15) is 0 Å². The maximum absolute atomic E-state index is 11.3. The number of thioether (sulfide) groups is 1. The monoisotopic (exact) mass is 277 g/mol. The van der Waals surface area contributed by atoms with Crippen LogP contribution in [0.4, 0.5) is 0 Å². The first-order chi connectivity index (χ1) is 7.96. The Morgan fingerprint density at radius 3 is 2.88 bits per heavy atom. The molecule has 1 aliphatic heterocycles. The highest BCUT2D eigenvalue weighted by Crippen LogP contribution is 2.29. The van der Waals surface area contributed by atoms with Gasteiger partial charge < -0.3 is 10.2 Å². The van der Waals surface area contributed by atoms with Crippen molar-refractivity contribution >= 4 is 27.5 Å². The molecular weight excluding hydrogens is 266 g/mol. The Kier molecular flexibility index (Phi) is 3.38. The Bertz CT molecular complexity index is 525. The fourth-order valence-electron chi connectivity index (χ4n) is 1.57. The Morgan fingerprint density at radius 1 is 1.53 bits per heavy atom. The van der Waals surface area contributed by atoms with Crippen molar-refractivity contribution < 1.29 is 17.6 Å². The topological polar surface area (TPSA) is 116 Å². The summed E-state index contributed by atoms with van der Waals surface area (Å²) in [5, 5.41) is 7.75. The molecule has 0 spiro atoms. The van der Waals surface area contributed by atoms with Crippen LogP contribution in [0, 0.1) is 0 Å². The molecule has 2 rings (SSSR count). The molecule has 7 nitrogen and oxygen atoms in total. The summed E-state index contributed by atoms with van der Waals surface area (Å²) in [6.07, 6.45) is 0.504. The van der Waals surface area contributed by atoms with Crippen molar-refractivity contribution in [3.05, 3.63) is 5.89 Å². The van der Waals surface area contributed by atoms with Crippen molar-refractivity contribution in [3.63, 3.8) is 0 Å². The minimum absolute atomic E-state index is 0.0507. The van der Waals surface area contributed by atoms with E-state index in [1.54, 1.807) is 0 Å². The lowest BCUT2D eigenvalue weighted by Crippen LogP contribution is -2.12. The van der Waals surface area contributed by atoms with E-state index in [1.807, 2.05) is 0 Å². The summed E-state index contributed by atoms with van der Waals surface area (Å²) in [6, 6.07) is 0. The molecule has 2 N–H and O–H groups in total. The highest BCUT2D eigenvalue weighted by atomic mass is 32.2. The van der Waals surface area contributed by atoms with Gasteiger partial charge in [-0.15, -0.1) is 10.2 Å². The Hall–Kier alpha value is -1.09. The highest BCUT2D eigenvalue weighted by Gasteiger charge is 2.32. The van der Waals surface area contributed by atoms with Crippen LogP contribution < -0.4 is 5.73 Å². The van der Waals surface area contributed by atoms with Crippen LogP contribution in [-0.2, 0) is 14.6 Å². The molecule has 1 amide bonds. The van der Waals surface area contributed by atoms with Crippen molar-refractivity contribution in [2.75, 3.05) is 17.3 Å². The van der Waals surface area contributed by atoms with E-state index in [0.29, 0.717) is 12.3 Å². The number of hydrogen-bond acceptors (Lipinski definition) is 7. The van der Waals surface area contributed by atoms with Gasteiger partial charge >= 0.3 is 0 Å². The molecule has 1 unspecified atom stereocenters. The number of amides is 1. The fourth-order valence-corrected chi connectivity index (χ4v) is 3.81. The number of rotatable bonds is 4. The maximum Gasteiger partial charge on any atom is 0.277 e. The lowest BCUT2D eigenvalue weighted by Gasteiger charge is -1.98. The third-order valence-electron chi connectivity index (χ3n) is 2.34. The van der Waals surface area contributed by atoms with E-state index in [0.717, 1.165) is 11.8 Å². The second kappa shape index (κ2) is 4.65. The van der Waals surface area contributed by atoms with Gasteiger partial charge in [0.05, 0.1) is 23.2 Å². The molecule has 0 radical (unpaired) electrons. The average Bonchev–Trinajstić information content (AvgIpc) is 2.81. The number of primary amides is 1. The molecule has 0 aliphatic carbocycles. The highest BCUT2D eigenvalue weighted by molar-refractivity contribution is 7.99. The third-order valence-corrected chi connectivity index (χ3v) is 4.95. The second-order valence-electron chi connectivity index (χ2n) is 3.76. The Morgan fingerprint density at radius 2 is 2.29 bits per heavy atom. The van der Waals surface area contributed by atoms with Crippen molar-refractivity contribution in [2.45, 2.75) is 17.6 Å². The van der Waals surface area contributed by atoms with Crippen LogP contribution in [0.1, 0.15) is 18.2 Å². The molecule has 9 heteroatoms. The molecule has 1 atom stereocenters. The summed E-state index contributed by atoms with van der Waals surface area (Å²) in [5.74, 6) is -0.115. The first-order valence-corrected chi connectivity index (χ1v) is 7.72. The van der Waals surface area contributed by atoms with E-state index in [4.69, 9.17) is 10.2 Å². The predicted molar refractivity (Wildman–Crippen MR) is 60.2 cm³/mol. The van der Waals surface area contributed by atoms with E-state index < -0.39 is 15.7 Å². The van der Waals surface area contributed by atoms with Crippen LogP contribution in [0.15, 0.2) is 9.64 Å². The van der Waals surface area contributed by atoms with Crippen molar-refractivity contribution in [2.24, 2.45) is 5.73 Å². The molecule has 2 heterocycles. The normalized spacial score (nSPS) is 22.7. The van der Waals surface area contributed by atoms with Crippen LogP contribution in [-0.4, -0.2) is 41.8 Å². The van der Waals surface area contributed by atoms with Crippen molar-refractivity contribution in [3.8, 4) is 0 Å². The standard InChI is InChI=1S/C8H11N3O4S2/c9-6(12)3-16-8-11-10-7(15-8)5-1-2-17(13,14)4-5/h5H,1-4H2,(H2,9,12). The van der Waals surface area contributed by atoms with Gasteiger partial charge in [-0.05, 0) is 6.42 Å². The number of aromatic nitrogens is 2. The van der Waals surface area contributed by atoms with E-state index >= 15 is 0 Å². The van der Waals surface area contributed by atoms with Crippen LogP contribution in [0.5, 0.6) is 0 Å². The lowest BCUT2D eigenvalue weighted by molar-refractivity contribution is -0.115. The number of hydrogen-bond donors (Lipinski definition) is 1. The molecule has 1 fully saturated rings. The van der Waals surface area contributed by atoms with Crippen molar-refractivity contribution in [1.82, 2.24) is 10.2 Å². The number of sulfone groups is 1. The molecule has 1 saturated heterocycles. The van der Waals surface area contributed by atoms with E-state index in [1.165, 1.54) is 0 Å². The zero-order chi connectivity index (χ0) is 12.5. The molecule has 0 saturated carbocycles. The van der Waals surface area contributed by atoms with Gasteiger partial charge in [0.25, 0.3) is 5.22 Å². The smallest absolute Gasteiger partial charge is 0.277 e. The molecule has 94 valence electrons. The predicted octanol–water partition coefficient (Wildman–Crippen LogP) is -0.451. The van der Waals surface area contributed by atoms with Crippen LogP contribution >= 0.6 is 11.8 Å². The summed E-state index contributed by atoms with van der Waals surface area (Å²) in [7, 11) is -2.97. The lowest BCUT2D eigenvalue weighted by atomic mass is 10.1. The van der Waals surface area contributed by atoms with Crippen LogP contribution in [0.25, 0.3) is 0 Å². The fraction of sp³-hybridized carbons (Fsp3) is 0.625. The largest absolute Gasteiger partial charge is 0.416 e. The maximum atomic E-state index is 11.3. The Labute approximate surface area is 102 Å². The number of carbonyl (C=O) groups is 1. The van der Waals surface area contributed by atoms with Gasteiger partial charge in [-0.25, -0.2) is 8.42 Å². The van der Waals surface area contributed by atoms with Crippen LogP contribution in [0.2, 0.25) is 0 Å². The van der Waals surface area contributed by atoms with Gasteiger partial charge in [0.15, 0.2) is 9.84 Å². The van der Waals surface area contributed by atoms with Gasteiger partial charge in [-0.2, -0.15) is 0 Å². The SMILES string of the molecule is NC(=O)CSc1nnc(C2CCS(=O)(=O)C2)o1. The first-order valence-electron chi connectivity index (χ1n) is 4.91.